The van der Waals surface area contributed by atoms with Gasteiger partial charge in [-0.05, 0) is 25.1 Å². The normalized spacial score (nSPS) is 11.2. The molecule has 1 amide bonds. The van der Waals surface area contributed by atoms with Crippen molar-refractivity contribution < 1.29 is 32.0 Å². The van der Waals surface area contributed by atoms with Gasteiger partial charge in [-0.25, -0.2) is 4.79 Å². The molecule has 0 unspecified atom stereocenters. The van der Waals surface area contributed by atoms with Crippen LogP contribution in [0, 0.1) is 6.92 Å². The van der Waals surface area contributed by atoms with E-state index in [1.807, 2.05) is 0 Å². The topological polar surface area (TPSA) is 81.4 Å². The smallest absolute Gasteiger partial charge is 0.416 e. The number of alkyl halides is 3. The lowest BCUT2D eigenvalue weighted by Gasteiger charge is -2.12. The average Bonchev–Trinajstić information content (AvgIpc) is 3.09. The molecule has 0 aliphatic carbocycles. The summed E-state index contributed by atoms with van der Waals surface area (Å²) in [5.74, 6) is -1.53. The van der Waals surface area contributed by atoms with Gasteiger partial charge in [-0.2, -0.15) is 13.2 Å². The Labute approximate surface area is 173 Å². The van der Waals surface area contributed by atoms with Crippen LogP contribution in [0.4, 0.5) is 18.9 Å². The molecule has 3 aromatic rings. The van der Waals surface area contributed by atoms with Crippen molar-refractivity contribution in [1.29, 1.82) is 0 Å². The summed E-state index contributed by atoms with van der Waals surface area (Å²) in [6.07, 6.45) is -4.60. The minimum Gasteiger partial charge on any atom is -0.452 e. The molecule has 0 aliphatic rings. The number of nitrogens with zero attached hydrogens (tertiary/aromatic N) is 1. The molecule has 30 heavy (non-hydrogen) atoms. The van der Waals surface area contributed by atoms with E-state index in [1.54, 1.807) is 30.3 Å². The number of amides is 1. The predicted molar refractivity (Wildman–Crippen MR) is 102 cm³/mol. The second kappa shape index (κ2) is 8.58. The molecule has 3 rings (SSSR count). The van der Waals surface area contributed by atoms with Crippen LogP contribution in [-0.2, 0) is 15.7 Å². The van der Waals surface area contributed by atoms with Crippen molar-refractivity contribution in [2.24, 2.45) is 0 Å². The summed E-state index contributed by atoms with van der Waals surface area (Å²) in [7, 11) is 0. The molecule has 10 heteroatoms. The molecule has 1 N–H and O–H groups in total. The van der Waals surface area contributed by atoms with E-state index in [0.29, 0.717) is 11.6 Å². The number of benzene rings is 2. The molecular formula is C20H14ClF3N2O4. The quantitative estimate of drug-likeness (QED) is 0.559. The molecule has 2 aromatic carbocycles. The Morgan fingerprint density at radius 2 is 1.87 bits per heavy atom. The highest BCUT2D eigenvalue weighted by atomic mass is 35.5. The van der Waals surface area contributed by atoms with Crippen molar-refractivity contribution in [2.75, 3.05) is 11.9 Å². The molecule has 0 bridgehead atoms. The fourth-order valence-electron chi connectivity index (χ4n) is 2.59. The second-order valence-corrected chi connectivity index (χ2v) is 6.55. The van der Waals surface area contributed by atoms with Gasteiger partial charge in [0.1, 0.15) is 17.0 Å². The molecule has 0 saturated heterocycles. The lowest BCUT2D eigenvalue weighted by Crippen LogP contribution is -2.21. The van der Waals surface area contributed by atoms with E-state index in [9.17, 15) is 22.8 Å². The molecule has 0 saturated carbocycles. The average molecular weight is 439 g/mol. The number of ether oxygens (including phenoxy) is 1. The fraction of sp³-hybridized carbons (Fsp3) is 0.150. The number of aromatic nitrogens is 1. The first-order valence-electron chi connectivity index (χ1n) is 8.52. The van der Waals surface area contributed by atoms with Crippen LogP contribution in [0.5, 0.6) is 0 Å². The van der Waals surface area contributed by atoms with Crippen molar-refractivity contribution in [3.8, 4) is 11.3 Å². The first kappa shape index (κ1) is 21.4. The Balaban J connectivity index is 1.69. The number of esters is 1. The zero-order valence-electron chi connectivity index (χ0n) is 15.4. The largest absolute Gasteiger partial charge is 0.452 e. The Bertz CT molecular complexity index is 1080. The molecule has 0 aliphatic heterocycles. The summed E-state index contributed by atoms with van der Waals surface area (Å²) in [4.78, 5) is 24.5. The van der Waals surface area contributed by atoms with Gasteiger partial charge < -0.3 is 14.6 Å². The van der Waals surface area contributed by atoms with E-state index in [4.69, 9.17) is 20.9 Å². The standard InChI is InChI=1S/C20H14ClF3N2O4/c1-11-17(18(26-30-11)12-5-3-2-4-6-12)19(28)29-10-16(27)25-15-9-13(20(22,23)24)7-8-14(15)21/h2-9H,10H2,1H3,(H,25,27). The Morgan fingerprint density at radius 1 is 1.17 bits per heavy atom. The van der Waals surface area contributed by atoms with Crippen LogP contribution < -0.4 is 5.32 Å². The van der Waals surface area contributed by atoms with Gasteiger partial charge in [-0.1, -0.05) is 47.1 Å². The number of halogens is 4. The van der Waals surface area contributed by atoms with E-state index in [-0.39, 0.29) is 27.7 Å². The minimum absolute atomic E-state index is 0.0473. The molecular weight excluding hydrogens is 425 g/mol. The number of nitrogens with one attached hydrogen (secondary N) is 1. The lowest BCUT2D eigenvalue weighted by molar-refractivity contribution is -0.137. The van der Waals surface area contributed by atoms with Gasteiger partial charge in [-0.3, -0.25) is 4.79 Å². The minimum atomic E-state index is -4.60. The summed E-state index contributed by atoms with van der Waals surface area (Å²) >= 11 is 5.83. The van der Waals surface area contributed by atoms with Crippen LogP contribution in [0.2, 0.25) is 5.02 Å². The third-order valence-electron chi connectivity index (χ3n) is 4.02. The molecule has 156 valence electrons. The van der Waals surface area contributed by atoms with Gasteiger partial charge in [-0.15, -0.1) is 0 Å². The second-order valence-electron chi connectivity index (χ2n) is 6.15. The summed E-state index contributed by atoms with van der Waals surface area (Å²) in [6, 6.07) is 11.2. The van der Waals surface area contributed by atoms with E-state index in [0.717, 1.165) is 12.1 Å². The van der Waals surface area contributed by atoms with Gasteiger partial charge in [0.25, 0.3) is 5.91 Å². The summed E-state index contributed by atoms with van der Waals surface area (Å²) in [5.41, 5.74) is -0.322. The van der Waals surface area contributed by atoms with E-state index >= 15 is 0 Å². The maximum atomic E-state index is 12.8. The third kappa shape index (κ3) is 4.80. The van der Waals surface area contributed by atoms with Gasteiger partial charge in [0.15, 0.2) is 6.61 Å². The number of hydrogen-bond donors (Lipinski definition) is 1. The number of aryl methyl sites for hydroxylation is 1. The maximum absolute atomic E-state index is 12.8. The van der Waals surface area contributed by atoms with Crippen molar-refractivity contribution >= 4 is 29.2 Å². The predicted octanol–water partition coefficient (Wildman–Crippen LogP) is 5.12. The monoisotopic (exact) mass is 438 g/mol. The van der Waals surface area contributed by atoms with E-state index in [2.05, 4.69) is 10.5 Å². The highest BCUT2D eigenvalue weighted by Gasteiger charge is 2.31. The highest BCUT2D eigenvalue weighted by molar-refractivity contribution is 6.33. The molecule has 0 fully saturated rings. The summed E-state index contributed by atoms with van der Waals surface area (Å²) in [5, 5.41) is 5.95. The van der Waals surface area contributed by atoms with Gasteiger partial charge in [0, 0.05) is 5.56 Å². The molecule has 1 aromatic heterocycles. The highest BCUT2D eigenvalue weighted by Crippen LogP contribution is 2.33. The zero-order valence-corrected chi connectivity index (χ0v) is 16.2. The van der Waals surface area contributed by atoms with Crippen molar-refractivity contribution in [3.05, 3.63) is 70.4 Å². The SMILES string of the molecule is Cc1onc(-c2ccccc2)c1C(=O)OCC(=O)Nc1cc(C(F)(F)F)ccc1Cl. The zero-order chi connectivity index (χ0) is 21.9. The number of carbonyl (C=O) groups is 2. The number of hydrogen-bond acceptors (Lipinski definition) is 5. The number of rotatable bonds is 5. The van der Waals surface area contributed by atoms with Crippen LogP contribution >= 0.6 is 11.6 Å². The van der Waals surface area contributed by atoms with Crippen molar-refractivity contribution in [2.45, 2.75) is 13.1 Å². The summed E-state index contributed by atoms with van der Waals surface area (Å²) < 4.78 is 48.5. The Morgan fingerprint density at radius 3 is 2.53 bits per heavy atom. The molecule has 0 spiro atoms. The first-order chi connectivity index (χ1) is 14.2. The van der Waals surface area contributed by atoms with Crippen LogP contribution in [0.3, 0.4) is 0 Å². The molecule has 6 nitrogen and oxygen atoms in total. The number of carbonyl (C=O) groups excluding carboxylic acids is 2. The molecule has 0 radical (unpaired) electrons. The van der Waals surface area contributed by atoms with Crippen molar-refractivity contribution in [1.82, 2.24) is 5.16 Å². The number of anilines is 1. The lowest BCUT2D eigenvalue weighted by atomic mass is 10.1. The summed E-state index contributed by atoms with van der Waals surface area (Å²) in [6.45, 7) is 0.767. The van der Waals surface area contributed by atoms with E-state index in [1.165, 1.54) is 6.92 Å². The van der Waals surface area contributed by atoms with Gasteiger partial charge in [0.2, 0.25) is 0 Å². The Kier molecular flexibility index (Phi) is 6.12. The van der Waals surface area contributed by atoms with Crippen LogP contribution in [0.1, 0.15) is 21.7 Å². The van der Waals surface area contributed by atoms with Crippen LogP contribution in [0.25, 0.3) is 11.3 Å². The first-order valence-corrected chi connectivity index (χ1v) is 8.90. The van der Waals surface area contributed by atoms with Gasteiger partial charge in [0.05, 0.1) is 16.3 Å². The van der Waals surface area contributed by atoms with Gasteiger partial charge >= 0.3 is 12.1 Å². The van der Waals surface area contributed by atoms with Crippen molar-refractivity contribution in [3.63, 3.8) is 0 Å². The molecule has 0 atom stereocenters. The van der Waals surface area contributed by atoms with Crippen LogP contribution in [-0.4, -0.2) is 23.6 Å². The fourth-order valence-corrected chi connectivity index (χ4v) is 2.76. The Hall–Kier alpha value is -3.33. The third-order valence-corrected chi connectivity index (χ3v) is 4.35. The molecule has 1 heterocycles. The van der Waals surface area contributed by atoms with E-state index < -0.39 is 30.2 Å². The maximum Gasteiger partial charge on any atom is 0.416 e. The van der Waals surface area contributed by atoms with Crippen LogP contribution in [0.15, 0.2) is 53.1 Å².